The van der Waals surface area contributed by atoms with Crippen LogP contribution in [0.1, 0.15) is 10.4 Å². The van der Waals surface area contributed by atoms with Gasteiger partial charge in [-0.2, -0.15) is 0 Å². The molecule has 0 aliphatic carbocycles. The zero-order valence-corrected chi connectivity index (χ0v) is 13.8. The molecule has 0 spiro atoms. The molecule has 0 unspecified atom stereocenters. The third-order valence-electron chi connectivity index (χ3n) is 3.41. The molecule has 0 saturated carbocycles. The zero-order chi connectivity index (χ0) is 17.1. The van der Waals surface area contributed by atoms with Gasteiger partial charge >= 0.3 is 5.97 Å². The zero-order valence-electron chi connectivity index (χ0n) is 12.3. The molecule has 0 aliphatic rings. The summed E-state index contributed by atoms with van der Waals surface area (Å²) in [6.45, 7) is 0. The van der Waals surface area contributed by atoms with Crippen molar-refractivity contribution in [1.82, 2.24) is 0 Å². The number of carbonyl (C=O) groups excluding carboxylic acids is 1. The first kappa shape index (κ1) is 16.5. The van der Waals surface area contributed by atoms with Gasteiger partial charge in [0, 0.05) is 11.6 Å². The number of benzene rings is 3. The Morgan fingerprint density at radius 1 is 0.917 bits per heavy atom. The van der Waals surface area contributed by atoms with E-state index in [1.165, 1.54) is 18.2 Å². The van der Waals surface area contributed by atoms with Crippen molar-refractivity contribution in [3.8, 4) is 16.9 Å². The third-order valence-corrected chi connectivity index (χ3v) is 4.23. The average Bonchev–Trinajstić information content (AvgIpc) is 2.58. The van der Waals surface area contributed by atoms with E-state index < -0.39 is 11.8 Å². The fourth-order valence-corrected chi connectivity index (χ4v) is 2.61. The summed E-state index contributed by atoms with van der Waals surface area (Å²) in [4.78, 5) is 12.2. The van der Waals surface area contributed by atoms with Gasteiger partial charge in [0.15, 0.2) is 0 Å². The van der Waals surface area contributed by atoms with E-state index >= 15 is 0 Å². The largest absolute Gasteiger partial charge is 0.423 e. The van der Waals surface area contributed by atoms with E-state index in [9.17, 15) is 9.18 Å². The Morgan fingerprint density at radius 3 is 2.38 bits per heavy atom. The Morgan fingerprint density at radius 2 is 1.67 bits per heavy atom. The second-order valence-electron chi connectivity index (χ2n) is 5.00. The van der Waals surface area contributed by atoms with Crippen molar-refractivity contribution in [2.45, 2.75) is 0 Å². The van der Waals surface area contributed by atoms with Crippen LogP contribution in [0, 0.1) is 5.82 Å². The predicted octanol–water partition coefficient (Wildman–Crippen LogP) is 6.02. The van der Waals surface area contributed by atoms with Crippen LogP contribution in [0.15, 0.2) is 66.7 Å². The van der Waals surface area contributed by atoms with Crippen LogP contribution in [0.25, 0.3) is 11.1 Å². The van der Waals surface area contributed by atoms with Crippen molar-refractivity contribution in [2.75, 3.05) is 0 Å². The van der Waals surface area contributed by atoms with Crippen LogP contribution < -0.4 is 4.74 Å². The van der Waals surface area contributed by atoms with Gasteiger partial charge in [0.1, 0.15) is 11.6 Å². The second-order valence-corrected chi connectivity index (χ2v) is 5.78. The summed E-state index contributed by atoms with van der Waals surface area (Å²) in [5, 5.41) is 0.349. The van der Waals surface area contributed by atoms with Gasteiger partial charge in [-0.15, -0.1) is 0 Å². The number of ether oxygens (including phenoxy) is 1. The summed E-state index contributed by atoms with van der Waals surface area (Å²) in [5.41, 5.74) is 1.29. The molecule has 2 nitrogen and oxygen atoms in total. The van der Waals surface area contributed by atoms with E-state index in [0.717, 1.165) is 5.56 Å². The molecule has 5 heteroatoms. The van der Waals surface area contributed by atoms with E-state index in [1.807, 2.05) is 18.2 Å². The van der Waals surface area contributed by atoms with Gasteiger partial charge in [0.2, 0.25) is 0 Å². The minimum absolute atomic E-state index is 0.0909. The molecule has 0 fully saturated rings. The number of hydrogen-bond donors (Lipinski definition) is 0. The number of carbonyl (C=O) groups is 1. The normalized spacial score (nSPS) is 10.5. The van der Waals surface area contributed by atoms with Crippen molar-refractivity contribution < 1.29 is 13.9 Å². The van der Waals surface area contributed by atoms with Gasteiger partial charge in [0.05, 0.1) is 15.6 Å². The third kappa shape index (κ3) is 3.42. The summed E-state index contributed by atoms with van der Waals surface area (Å²) in [6.07, 6.45) is 0. The molecule has 0 radical (unpaired) electrons. The van der Waals surface area contributed by atoms with Gasteiger partial charge in [0.25, 0.3) is 0 Å². The monoisotopic (exact) mass is 360 g/mol. The summed E-state index contributed by atoms with van der Waals surface area (Å²) in [7, 11) is 0. The lowest BCUT2D eigenvalue weighted by molar-refractivity contribution is 0.0734. The molecule has 0 bridgehead atoms. The molecule has 0 heterocycles. The Kier molecular flexibility index (Phi) is 4.84. The Labute approximate surface area is 148 Å². The summed E-state index contributed by atoms with van der Waals surface area (Å²) in [6, 6.07) is 18.0. The molecular weight excluding hydrogens is 350 g/mol. The first-order valence-electron chi connectivity index (χ1n) is 7.07. The van der Waals surface area contributed by atoms with E-state index in [4.69, 9.17) is 27.9 Å². The van der Waals surface area contributed by atoms with Gasteiger partial charge in [-0.05, 0) is 29.8 Å². The molecule has 3 aromatic rings. The van der Waals surface area contributed by atoms with E-state index in [1.54, 1.807) is 30.3 Å². The smallest absolute Gasteiger partial charge is 0.345 e. The molecule has 0 aromatic heterocycles. The lowest BCUT2D eigenvalue weighted by Crippen LogP contribution is -2.09. The van der Waals surface area contributed by atoms with Crippen molar-refractivity contribution in [1.29, 1.82) is 0 Å². The lowest BCUT2D eigenvalue weighted by atomic mass is 10.1. The average molecular weight is 361 g/mol. The van der Waals surface area contributed by atoms with Crippen LogP contribution in [0.2, 0.25) is 10.0 Å². The molecular formula is C19H11Cl2FO2. The molecule has 0 atom stereocenters. The Balaban J connectivity index is 1.85. The molecule has 0 aliphatic heterocycles. The number of esters is 1. The van der Waals surface area contributed by atoms with E-state index in [2.05, 4.69) is 0 Å². The highest BCUT2D eigenvalue weighted by Gasteiger charge is 2.16. The number of halogens is 3. The minimum Gasteiger partial charge on any atom is -0.423 e. The summed E-state index contributed by atoms with van der Waals surface area (Å²) < 4.78 is 19.5. The standard InChI is InChI=1S/C19H11Cl2FO2/c20-16-8-4-7-15(18(16)21)19(23)24-13-9-10-14(17(22)11-13)12-5-2-1-3-6-12/h1-11H. The summed E-state index contributed by atoms with van der Waals surface area (Å²) in [5.74, 6) is -1.09. The SMILES string of the molecule is O=C(Oc1ccc(-c2ccccc2)c(F)c1)c1cccc(Cl)c1Cl. The van der Waals surface area contributed by atoms with Crippen LogP contribution in [-0.4, -0.2) is 5.97 Å². The predicted molar refractivity (Wildman–Crippen MR) is 93.3 cm³/mol. The van der Waals surface area contributed by atoms with Crippen LogP contribution >= 0.6 is 23.2 Å². The van der Waals surface area contributed by atoms with Gasteiger partial charge < -0.3 is 4.74 Å². The molecule has 24 heavy (non-hydrogen) atoms. The lowest BCUT2D eigenvalue weighted by Gasteiger charge is -2.09. The molecule has 120 valence electrons. The maximum Gasteiger partial charge on any atom is 0.345 e. The highest BCUT2D eigenvalue weighted by atomic mass is 35.5. The highest BCUT2D eigenvalue weighted by Crippen LogP contribution is 2.29. The molecule has 3 rings (SSSR count). The Hall–Kier alpha value is -2.36. The van der Waals surface area contributed by atoms with Crippen molar-refractivity contribution in [3.63, 3.8) is 0 Å². The Bertz CT molecular complexity index is 895. The first-order valence-corrected chi connectivity index (χ1v) is 7.83. The first-order chi connectivity index (χ1) is 11.6. The maximum atomic E-state index is 14.3. The number of hydrogen-bond acceptors (Lipinski definition) is 2. The molecule has 3 aromatic carbocycles. The van der Waals surface area contributed by atoms with Crippen molar-refractivity contribution >= 4 is 29.2 Å². The quantitative estimate of drug-likeness (QED) is 0.421. The topological polar surface area (TPSA) is 26.3 Å². The van der Waals surface area contributed by atoms with E-state index in [-0.39, 0.29) is 21.4 Å². The van der Waals surface area contributed by atoms with Crippen LogP contribution in [-0.2, 0) is 0 Å². The van der Waals surface area contributed by atoms with Crippen LogP contribution in [0.3, 0.4) is 0 Å². The van der Waals surface area contributed by atoms with Gasteiger partial charge in [-0.25, -0.2) is 9.18 Å². The van der Waals surface area contributed by atoms with Gasteiger partial charge in [-0.1, -0.05) is 59.6 Å². The summed E-state index contributed by atoms with van der Waals surface area (Å²) >= 11 is 11.9. The number of rotatable bonds is 3. The second kappa shape index (κ2) is 7.04. The van der Waals surface area contributed by atoms with Crippen LogP contribution in [0.5, 0.6) is 5.75 Å². The fourth-order valence-electron chi connectivity index (χ4n) is 2.23. The van der Waals surface area contributed by atoms with Crippen molar-refractivity contribution in [2.24, 2.45) is 0 Å². The highest BCUT2D eigenvalue weighted by molar-refractivity contribution is 6.43. The fraction of sp³-hybridized carbons (Fsp3) is 0. The van der Waals surface area contributed by atoms with Crippen molar-refractivity contribution in [3.05, 3.63) is 88.2 Å². The van der Waals surface area contributed by atoms with Crippen LogP contribution in [0.4, 0.5) is 4.39 Å². The minimum atomic E-state index is -0.700. The molecule has 0 N–H and O–H groups in total. The molecule has 0 saturated heterocycles. The van der Waals surface area contributed by atoms with E-state index in [0.29, 0.717) is 5.56 Å². The van der Waals surface area contributed by atoms with Gasteiger partial charge in [-0.3, -0.25) is 0 Å². The molecule has 0 amide bonds. The maximum absolute atomic E-state index is 14.3.